The van der Waals surface area contributed by atoms with Gasteiger partial charge < -0.3 is 9.47 Å². The summed E-state index contributed by atoms with van der Waals surface area (Å²) in [6.07, 6.45) is 0.402. The summed E-state index contributed by atoms with van der Waals surface area (Å²) in [6.45, 7) is 7.01. The quantitative estimate of drug-likeness (QED) is 0.810. The van der Waals surface area contributed by atoms with Gasteiger partial charge >= 0.3 is 0 Å². The van der Waals surface area contributed by atoms with E-state index in [1.54, 1.807) is 11.3 Å². The van der Waals surface area contributed by atoms with Crippen molar-refractivity contribution in [3.05, 3.63) is 28.8 Å². The molecule has 5 heteroatoms. The predicted molar refractivity (Wildman–Crippen MR) is 83.9 cm³/mol. The molecule has 0 N–H and O–H groups in total. The summed E-state index contributed by atoms with van der Waals surface area (Å²) in [5, 5.41) is 9.73. The highest BCUT2D eigenvalue weighted by Crippen LogP contribution is 2.35. The zero-order valence-corrected chi connectivity index (χ0v) is 13.3. The predicted octanol–water partition coefficient (Wildman–Crippen LogP) is 3.98. The fraction of sp³-hybridized carbons (Fsp3) is 0.375. The summed E-state index contributed by atoms with van der Waals surface area (Å²) < 4.78 is 11.2. The van der Waals surface area contributed by atoms with Crippen LogP contribution in [0.4, 0.5) is 0 Å². The molecule has 1 heterocycles. The van der Waals surface area contributed by atoms with Gasteiger partial charge in [-0.25, -0.2) is 4.98 Å². The molecular formula is C16H18N2O2S. The van der Waals surface area contributed by atoms with Gasteiger partial charge in [0.05, 0.1) is 31.4 Å². The summed E-state index contributed by atoms with van der Waals surface area (Å²) in [5.41, 5.74) is 1.91. The number of ether oxygens (including phenoxy) is 2. The summed E-state index contributed by atoms with van der Waals surface area (Å²) >= 11 is 1.55. The van der Waals surface area contributed by atoms with Crippen LogP contribution >= 0.6 is 11.3 Å². The zero-order chi connectivity index (χ0) is 15.2. The minimum Gasteiger partial charge on any atom is -0.490 e. The van der Waals surface area contributed by atoms with Crippen molar-refractivity contribution in [2.45, 2.75) is 27.2 Å². The molecule has 0 aliphatic heterocycles. The fourth-order valence-corrected chi connectivity index (χ4v) is 2.96. The standard InChI is InChI=1S/C16H18N2O2S/c1-4-19-13-7-6-12(10-14(13)20-5-2)16-18-11(3)15(21-16)8-9-17/h6-7,10H,4-5,8H2,1-3H3. The molecule has 0 atom stereocenters. The third kappa shape index (κ3) is 3.53. The fourth-order valence-electron chi connectivity index (χ4n) is 1.97. The molecule has 0 unspecified atom stereocenters. The highest BCUT2D eigenvalue weighted by Gasteiger charge is 2.12. The maximum Gasteiger partial charge on any atom is 0.161 e. The Morgan fingerprint density at radius 2 is 1.90 bits per heavy atom. The molecule has 1 aromatic heterocycles. The molecule has 0 spiro atoms. The molecule has 0 saturated carbocycles. The Labute approximate surface area is 129 Å². The van der Waals surface area contributed by atoms with Crippen LogP contribution in [0.3, 0.4) is 0 Å². The Balaban J connectivity index is 2.37. The van der Waals surface area contributed by atoms with Crippen molar-refractivity contribution in [1.82, 2.24) is 4.98 Å². The van der Waals surface area contributed by atoms with Crippen molar-refractivity contribution >= 4 is 11.3 Å². The lowest BCUT2D eigenvalue weighted by molar-refractivity contribution is 0.288. The van der Waals surface area contributed by atoms with Gasteiger partial charge in [0.15, 0.2) is 11.5 Å². The lowest BCUT2D eigenvalue weighted by atomic mass is 10.2. The summed E-state index contributed by atoms with van der Waals surface area (Å²) in [6, 6.07) is 8.00. The molecule has 0 saturated heterocycles. The van der Waals surface area contributed by atoms with E-state index in [9.17, 15) is 0 Å². The second-order valence-corrected chi connectivity index (χ2v) is 5.47. The molecule has 110 valence electrons. The molecular weight excluding hydrogens is 284 g/mol. The average molecular weight is 302 g/mol. The van der Waals surface area contributed by atoms with Crippen LogP contribution in [0.1, 0.15) is 24.4 Å². The van der Waals surface area contributed by atoms with Crippen molar-refractivity contribution in [1.29, 1.82) is 5.26 Å². The molecule has 2 aromatic rings. The Kier molecular flexibility index (Phi) is 5.18. The molecule has 0 fully saturated rings. The van der Waals surface area contributed by atoms with E-state index < -0.39 is 0 Å². The third-order valence-corrected chi connectivity index (χ3v) is 4.13. The number of nitrogens with zero attached hydrogens (tertiary/aromatic N) is 2. The van der Waals surface area contributed by atoms with E-state index in [0.717, 1.165) is 32.6 Å². The van der Waals surface area contributed by atoms with Crippen LogP contribution in [0.5, 0.6) is 11.5 Å². The molecule has 4 nitrogen and oxygen atoms in total. The van der Waals surface area contributed by atoms with E-state index in [1.165, 1.54) is 0 Å². The zero-order valence-electron chi connectivity index (χ0n) is 12.5. The van der Waals surface area contributed by atoms with E-state index in [0.29, 0.717) is 19.6 Å². The monoisotopic (exact) mass is 302 g/mol. The maximum atomic E-state index is 8.83. The van der Waals surface area contributed by atoms with E-state index >= 15 is 0 Å². The number of benzene rings is 1. The van der Waals surface area contributed by atoms with E-state index in [2.05, 4.69) is 11.1 Å². The molecule has 0 amide bonds. The highest BCUT2D eigenvalue weighted by molar-refractivity contribution is 7.15. The lowest BCUT2D eigenvalue weighted by Gasteiger charge is -2.11. The maximum absolute atomic E-state index is 8.83. The van der Waals surface area contributed by atoms with Crippen molar-refractivity contribution in [3.8, 4) is 28.1 Å². The van der Waals surface area contributed by atoms with Crippen LogP contribution in [0.2, 0.25) is 0 Å². The lowest BCUT2D eigenvalue weighted by Crippen LogP contribution is -1.98. The van der Waals surface area contributed by atoms with Crippen LogP contribution in [0.15, 0.2) is 18.2 Å². The first-order valence-electron chi connectivity index (χ1n) is 6.92. The van der Waals surface area contributed by atoms with Gasteiger partial charge in [-0.3, -0.25) is 0 Å². The van der Waals surface area contributed by atoms with E-state index in [-0.39, 0.29) is 0 Å². The number of aryl methyl sites for hydroxylation is 1. The van der Waals surface area contributed by atoms with Crippen molar-refractivity contribution in [2.75, 3.05) is 13.2 Å². The molecule has 21 heavy (non-hydrogen) atoms. The van der Waals surface area contributed by atoms with E-state index in [4.69, 9.17) is 14.7 Å². The van der Waals surface area contributed by atoms with Crippen LogP contribution in [-0.2, 0) is 6.42 Å². The Hall–Kier alpha value is -2.06. The molecule has 1 aromatic carbocycles. The smallest absolute Gasteiger partial charge is 0.161 e. The van der Waals surface area contributed by atoms with Gasteiger partial charge in [-0.05, 0) is 39.0 Å². The van der Waals surface area contributed by atoms with Crippen molar-refractivity contribution in [3.63, 3.8) is 0 Å². The van der Waals surface area contributed by atoms with Crippen molar-refractivity contribution < 1.29 is 9.47 Å². The second kappa shape index (κ2) is 7.09. The Morgan fingerprint density at radius 1 is 1.19 bits per heavy atom. The van der Waals surface area contributed by atoms with Gasteiger partial charge in [0.1, 0.15) is 5.01 Å². The van der Waals surface area contributed by atoms with Crippen LogP contribution < -0.4 is 9.47 Å². The minimum atomic E-state index is 0.402. The first kappa shape index (κ1) is 15.3. The number of thiazole rings is 1. The largest absolute Gasteiger partial charge is 0.490 e. The Bertz CT molecular complexity index is 659. The first-order valence-corrected chi connectivity index (χ1v) is 7.74. The Morgan fingerprint density at radius 3 is 2.57 bits per heavy atom. The number of hydrogen-bond acceptors (Lipinski definition) is 5. The second-order valence-electron chi connectivity index (χ2n) is 4.39. The topological polar surface area (TPSA) is 55.1 Å². The van der Waals surface area contributed by atoms with Crippen LogP contribution in [0.25, 0.3) is 10.6 Å². The number of nitriles is 1. The average Bonchev–Trinajstić information content (AvgIpc) is 2.83. The van der Waals surface area contributed by atoms with Crippen molar-refractivity contribution in [2.24, 2.45) is 0 Å². The highest BCUT2D eigenvalue weighted by atomic mass is 32.1. The minimum absolute atomic E-state index is 0.402. The van der Waals surface area contributed by atoms with Gasteiger partial charge in [0, 0.05) is 10.4 Å². The molecule has 0 aliphatic rings. The number of aromatic nitrogens is 1. The molecule has 0 radical (unpaired) electrons. The van der Waals surface area contributed by atoms with Crippen LogP contribution in [0, 0.1) is 18.3 Å². The van der Waals surface area contributed by atoms with Crippen LogP contribution in [-0.4, -0.2) is 18.2 Å². The van der Waals surface area contributed by atoms with Gasteiger partial charge in [-0.1, -0.05) is 0 Å². The van der Waals surface area contributed by atoms with E-state index in [1.807, 2.05) is 39.0 Å². The van der Waals surface area contributed by atoms with Gasteiger partial charge in [-0.15, -0.1) is 11.3 Å². The van der Waals surface area contributed by atoms with Gasteiger partial charge in [-0.2, -0.15) is 5.26 Å². The third-order valence-electron chi connectivity index (χ3n) is 2.92. The number of hydrogen-bond donors (Lipinski definition) is 0. The van der Waals surface area contributed by atoms with Gasteiger partial charge in [0.25, 0.3) is 0 Å². The molecule has 0 aliphatic carbocycles. The van der Waals surface area contributed by atoms with Gasteiger partial charge in [0.2, 0.25) is 0 Å². The SMILES string of the molecule is CCOc1ccc(-c2nc(C)c(CC#N)s2)cc1OCC. The summed E-state index contributed by atoms with van der Waals surface area (Å²) in [4.78, 5) is 5.56. The molecule has 2 rings (SSSR count). The summed E-state index contributed by atoms with van der Waals surface area (Å²) in [7, 11) is 0. The normalized spacial score (nSPS) is 10.2. The summed E-state index contributed by atoms with van der Waals surface area (Å²) in [5.74, 6) is 1.47. The number of rotatable bonds is 6. The first-order chi connectivity index (χ1) is 10.2. The molecule has 0 bridgehead atoms.